The molecular weight excluding hydrogens is 359 g/mol. The Labute approximate surface area is 160 Å². The summed E-state index contributed by atoms with van der Waals surface area (Å²) in [5.41, 5.74) is 1.50. The monoisotopic (exact) mass is 376 g/mol. The molecule has 7 heteroatoms. The van der Waals surface area contributed by atoms with Crippen molar-refractivity contribution in [1.82, 2.24) is 15.3 Å². The summed E-state index contributed by atoms with van der Waals surface area (Å²) < 4.78 is 18.3. The fraction of sp³-hybridized carbons (Fsp3) is 0.0952. The molecule has 0 saturated carbocycles. The van der Waals surface area contributed by atoms with E-state index in [0.717, 1.165) is 16.5 Å². The van der Waals surface area contributed by atoms with Gasteiger partial charge in [0.15, 0.2) is 11.6 Å². The Bertz CT molecular complexity index is 1100. The molecule has 2 aromatic heterocycles. The molecule has 0 fully saturated rings. The van der Waals surface area contributed by atoms with Crippen LogP contribution in [0.3, 0.4) is 0 Å². The number of hydrogen-bond donors (Lipinski definition) is 2. The molecule has 2 aromatic carbocycles. The molecule has 0 atom stereocenters. The quantitative estimate of drug-likeness (QED) is 0.500. The van der Waals surface area contributed by atoms with Crippen molar-refractivity contribution < 1.29 is 13.6 Å². The topological polar surface area (TPSA) is 80.0 Å². The van der Waals surface area contributed by atoms with E-state index in [-0.39, 0.29) is 17.5 Å². The minimum absolute atomic E-state index is 0.270. The lowest BCUT2D eigenvalue weighted by atomic mass is 10.2. The Balaban J connectivity index is 1.52. The lowest BCUT2D eigenvalue weighted by molar-refractivity contribution is 0.0927. The summed E-state index contributed by atoms with van der Waals surface area (Å²) in [6.45, 7) is 0.861. The Morgan fingerprint density at radius 2 is 1.79 bits per heavy atom. The number of carbonyl (C=O) groups is 1. The van der Waals surface area contributed by atoms with Crippen molar-refractivity contribution in [2.45, 2.75) is 0 Å². The van der Waals surface area contributed by atoms with Crippen molar-refractivity contribution in [3.63, 3.8) is 0 Å². The average molecular weight is 376 g/mol. The first-order chi connectivity index (χ1) is 13.7. The van der Waals surface area contributed by atoms with Crippen LogP contribution in [0.2, 0.25) is 0 Å². The Morgan fingerprint density at radius 3 is 2.57 bits per heavy atom. The van der Waals surface area contributed by atoms with Crippen LogP contribution in [0.4, 0.5) is 10.2 Å². The van der Waals surface area contributed by atoms with Crippen molar-refractivity contribution >= 4 is 22.6 Å². The van der Waals surface area contributed by atoms with Crippen LogP contribution in [-0.2, 0) is 0 Å². The van der Waals surface area contributed by atoms with Crippen molar-refractivity contribution in [2.24, 2.45) is 0 Å². The van der Waals surface area contributed by atoms with Crippen LogP contribution in [0.15, 0.2) is 71.3 Å². The predicted octanol–water partition coefficient (Wildman–Crippen LogP) is 3.87. The second-order valence-corrected chi connectivity index (χ2v) is 6.08. The molecule has 2 N–H and O–H groups in total. The third-order valence-electron chi connectivity index (χ3n) is 4.15. The van der Waals surface area contributed by atoms with Gasteiger partial charge in [-0.25, -0.2) is 14.4 Å². The number of nitrogens with one attached hydrogen (secondary N) is 2. The number of amides is 1. The number of para-hydroxylation sites is 1. The lowest BCUT2D eigenvalue weighted by Gasteiger charge is -2.11. The second-order valence-electron chi connectivity index (χ2n) is 6.08. The summed E-state index contributed by atoms with van der Waals surface area (Å²) in [4.78, 5) is 21.1. The highest BCUT2D eigenvalue weighted by atomic mass is 19.1. The fourth-order valence-corrected chi connectivity index (χ4v) is 2.79. The molecule has 1 amide bonds. The van der Waals surface area contributed by atoms with Gasteiger partial charge in [-0.3, -0.25) is 4.79 Å². The van der Waals surface area contributed by atoms with E-state index in [4.69, 9.17) is 4.42 Å². The van der Waals surface area contributed by atoms with Gasteiger partial charge in [-0.05, 0) is 48.5 Å². The molecule has 28 heavy (non-hydrogen) atoms. The summed E-state index contributed by atoms with van der Waals surface area (Å²) in [6.07, 6.45) is 1.46. The van der Waals surface area contributed by atoms with Gasteiger partial charge in [0.1, 0.15) is 11.6 Å². The van der Waals surface area contributed by atoms with Gasteiger partial charge in [0.25, 0.3) is 5.91 Å². The van der Waals surface area contributed by atoms with Gasteiger partial charge in [-0.15, -0.1) is 0 Å². The van der Waals surface area contributed by atoms with E-state index in [9.17, 15) is 9.18 Å². The van der Waals surface area contributed by atoms with Gasteiger partial charge >= 0.3 is 0 Å². The number of rotatable bonds is 6. The van der Waals surface area contributed by atoms with E-state index in [1.165, 1.54) is 18.4 Å². The molecular formula is C21H17FN4O2. The van der Waals surface area contributed by atoms with E-state index >= 15 is 0 Å². The summed E-state index contributed by atoms with van der Waals surface area (Å²) in [6, 6.07) is 17.0. The van der Waals surface area contributed by atoms with E-state index in [1.54, 1.807) is 24.3 Å². The van der Waals surface area contributed by atoms with Gasteiger partial charge in [-0.1, -0.05) is 12.1 Å². The molecule has 6 nitrogen and oxygen atoms in total. The number of nitrogens with zero attached hydrogens (tertiary/aromatic N) is 2. The van der Waals surface area contributed by atoms with E-state index in [1.807, 2.05) is 24.3 Å². The minimum atomic E-state index is -0.310. The molecule has 4 rings (SSSR count). The third kappa shape index (κ3) is 3.83. The zero-order valence-corrected chi connectivity index (χ0v) is 14.9. The molecule has 0 bridgehead atoms. The first kappa shape index (κ1) is 17.7. The first-order valence-corrected chi connectivity index (χ1v) is 8.79. The smallest absolute Gasteiger partial charge is 0.287 e. The summed E-state index contributed by atoms with van der Waals surface area (Å²) in [5, 5.41) is 6.88. The second kappa shape index (κ2) is 7.87. The van der Waals surface area contributed by atoms with Crippen molar-refractivity contribution in [3.8, 4) is 11.4 Å². The minimum Gasteiger partial charge on any atom is -0.459 e. The van der Waals surface area contributed by atoms with Gasteiger partial charge in [0.05, 0.1) is 11.8 Å². The molecule has 0 aliphatic rings. The molecule has 0 aliphatic carbocycles. The van der Waals surface area contributed by atoms with Crippen LogP contribution in [0.25, 0.3) is 22.3 Å². The standard InChI is InChI=1S/C21H17FN4O2/c22-15-9-7-14(8-10-15)19-25-17-5-2-1-4-16(17)20(26-19)23-11-12-24-21(27)18-6-3-13-28-18/h1-10,13H,11-12H2,(H,24,27)(H,23,25,26). The summed E-state index contributed by atoms with van der Waals surface area (Å²) in [7, 11) is 0. The van der Waals surface area contributed by atoms with Crippen LogP contribution in [-0.4, -0.2) is 29.0 Å². The maximum absolute atomic E-state index is 13.2. The van der Waals surface area contributed by atoms with Gasteiger partial charge in [-0.2, -0.15) is 0 Å². The number of carbonyl (C=O) groups excluding carboxylic acids is 1. The maximum Gasteiger partial charge on any atom is 0.287 e. The summed E-state index contributed by atoms with van der Waals surface area (Å²) >= 11 is 0. The first-order valence-electron chi connectivity index (χ1n) is 8.79. The highest BCUT2D eigenvalue weighted by Crippen LogP contribution is 2.24. The lowest BCUT2D eigenvalue weighted by Crippen LogP contribution is -2.28. The van der Waals surface area contributed by atoms with Crippen LogP contribution in [0.5, 0.6) is 0 Å². The number of halogens is 1. The number of fused-ring (bicyclic) bond motifs is 1. The molecule has 2 heterocycles. The zero-order chi connectivity index (χ0) is 19.3. The Kier molecular flexibility index (Phi) is 4.97. The zero-order valence-electron chi connectivity index (χ0n) is 14.9. The highest BCUT2D eigenvalue weighted by molar-refractivity contribution is 5.92. The largest absolute Gasteiger partial charge is 0.459 e. The summed E-state index contributed by atoms with van der Waals surface area (Å²) in [5.74, 6) is 0.839. The number of furan rings is 1. The Morgan fingerprint density at radius 1 is 0.964 bits per heavy atom. The number of benzene rings is 2. The molecule has 0 saturated heterocycles. The van der Waals surface area contributed by atoms with Crippen LogP contribution < -0.4 is 10.6 Å². The maximum atomic E-state index is 13.2. The van der Waals surface area contributed by atoms with Crippen molar-refractivity contribution in [3.05, 3.63) is 78.5 Å². The highest BCUT2D eigenvalue weighted by Gasteiger charge is 2.10. The average Bonchev–Trinajstić information content (AvgIpc) is 3.26. The van der Waals surface area contributed by atoms with Gasteiger partial charge in [0, 0.05) is 24.0 Å². The molecule has 140 valence electrons. The molecule has 0 unspecified atom stereocenters. The van der Waals surface area contributed by atoms with Crippen LogP contribution in [0, 0.1) is 5.82 Å². The Hall–Kier alpha value is -3.74. The normalized spacial score (nSPS) is 10.8. The number of anilines is 1. The third-order valence-corrected chi connectivity index (χ3v) is 4.15. The van der Waals surface area contributed by atoms with Gasteiger partial charge in [0.2, 0.25) is 0 Å². The number of hydrogen-bond acceptors (Lipinski definition) is 5. The molecule has 0 aliphatic heterocycles. The fourth-order valence-electron chi connectivity index (χ4n) is 2.79. The SMILES string of the molecule is O=C(NCCNc1nc(-c2ccc(F)cc2)nc2ccccc12)c1ccco1. The predicted molar refractivity (Wildman–Crippen MR) is 104 cm³/mol. The van der Waals surface area contributed by atoms with Crippen LogP contribution >= 0.6 is 0 Å². The van der Waals surface area contributed by atoms with Gasteiger partial charge < -0.3 is 15.1 Å². The molecule has 0 spiro atoms. The van der Waals surface area contributed by atoms with E-state index in [0.29, 0.717) is 24.7 Å². The van der Waals surface area contributed by atoms with Crippen molar-refractivity contribution in [2.75, 3.05) is 18.4 Å². The van der Waals surface area contributed by atoms with Crippen molar-refractivity contribution in [1.29, 1.82) is 0 Å². The molecule has 4 aromatic rings. The number of aromatic nitrogens is 2. The van der Waals surface area contributed by atoms with Crippen LogP contribution in [0.1, 0.15) is 10.6 Å². The van der Waals surface area contributed by atoms with E-state index in [2.05, 4.69) is 20.6 Å². The molecule has 0 radical (unpaired) electrons. The van der Waals surface area contributed by atoms with E-state index < -0.39 is 0 Å².